The maximum Gasteiger partial charge on any atom is 0.0223 e. The van der Waals surface area contributed by atoms with Gasteiger partial charge < -0.3 is 5.32 Å². The molecule has 1 heteroatoms. The van der Waals surface area contributed by atoms with Crippen molar-refractivity contribution in [1.29, 1.82) is 0 Å². The van der Waals surface area contributed by atoms with Crippen LogP contribution in [0.15, 0.2) is 0 Å². The van der Waals surface area contributed by atoms with Crippen LogP contribution in [0.1, 0.15) is 65.2 Å². The molecular weight excluding hydrogens is 170 g/mol. The van der Waals surface area contributed by atoms with Crippen LogP contribution in [0.5, 0.6) is 0 Å². The molecule has 1 aliphatic rings. The third-order valence-electron chi connectivity index (χ3n) is 3.33. The van der Waals surface area contributed by atoms with Crippen molar-refractivity contribution < 1.29 is 0 Å². The van der Waals surface area contributed by atoms with Crippen LogP contribution in [0.4, 0.5) is 0 Å². The lowest BCUT2D eigenvalue weighted by Crippen LogP contribution is -2.33. The minimum absolute atomic E-state index is 0.772. The Labute approximate surface area is 89.7 Å². The second-order valence-electron chi connectivity index (χ2n) is 4.60. The highest BCUT2D eigenvalue weighted by Gasteiger charge is 2.23. The second kappa shape index (κ2) is 7.28. The minimum Gasteiger partial charge on any atom is -0.309 e. The van der Waals surface area contributed by atoms with E-state index in [9.17, 15) is 0 Å². The molecule has 1 saturated carbocycles. The molecule has 1 N–H and O–H groups in total. The van der Waals surface area contributed by atoms with Crippen LogP contribution in [-0.4, -0.2) is 6.04 Å². The lowest BCUT2D eigenvalue weighted by atomic mass is 9.94. The largest absolute Gasteiger partial charge is 0.309 e. The van der Waals surface area contributed by atoms with Crippen LogP contribution in [0.3, 0.4) is 0 Å². The Balaban J connectivity index is 2.22. The molecule has 0 aromatic rings. The highest BCUT2D eigenvalue weighted by atomic mass is 14.9. The van der Waals surface area contributed by atoms with E-state index in [1.807, 2.05) is 0 Å². The van der Waals surface area contributed by atoms with E-state index in [1.54, 1.807) is 0 Å². The Morgan fingerprint density at radius 2 is 1.93 bits per heavy atom. The molecule has 0 amide bonds. The van der Waals surface area contributed by atoms with E-state index in [0.717, 1.165) is 12.0 Å². The maximum absolute atomic E-state index is 3.64. The van der Waals surface area contributed by atoms with Gasteiger partial charge >= 0.3 is 0 Å². The maximum atomic E-state index is 3.64. The van der Waals surface area contributed by atoms with E-state index in [-0.39, 0.29) is 0 Å². The number of unbranched alkanes of at least 4 members (excludes halogenated alkanes) is 1. The van der Waals surface area contributed by atoms with E-state index in [4.69, 9.17) is 0 Å². The van der Waals surface area contributed by atoms with Gasteiger partial charge in [-0.15, -0.1) is 0 Å². The van der Waals surface area contributed by atoms with Crippen LogP contribution >= 0.6 is 0 Å². The monoisotopic (exact) mass is 196 g/mol. The van der Waals surface area contributed by atoms with Crippen LogP contribution in [-0.2, 0) is 0 Å². The molecule has 1 radical (unpaired) electrons. The summed E-state index contributed by atoms with van der Waals surface area (Å²) in [6, 6.07) is 0.772. The molecule has 1 nitrogen and oxygen atoms in total. The first-order chi connectivity index (χ1) is 6.88. The smallest absolute Gasteiger partial charge is 0.0223 e. The van der Waals surface area contributed by atoms with Crippen LogP contribution in [0.2, 0.25) is 0 Å². The highest BCUT2D eigenvalue weighted by Crippen LogP contribution is 2.29. The lowest BCUT2D eigenvalue weighted by Gasteiger charge is -2.24. The summed E-state index contributed by atoms with van der Waals surface area (Å²) in [4.78, 5) is 0. The molecule has 1 aliphatic carbocycles. The van der Waals surface area contributed by atoms with Crippen molar-refractivity contribution in [2.75, 3.05) is 0 Å². The van der Waals surface area contributed by atoms with Crippen molar-refractivity contribution in [3.63, 3.8) is 0 Å². The molecule has 0 bridgehead atoms. The zero-order valence-electron chi connectivity index (χ0n) is 9.89. The number of nitrogens with one attached hydrogen (secondary N) is 1. The molecule has 14 heavy (non-hydrogen) atoms. The summed E-state index contributed by atoms with van der Waals surface area (Å²) in [7, 11) is 0. The van der Waals surface area contributed by atoms with Crippen molar-refractivity contribution in [2.45, 2.75) is 71.3 Å². The van der Waals surface area contributed by atoms with Gasteiger partial charge in [-0.2, -0.15) is 0 Å². The summed E-state index contributed by atoms with van der Waals surface area (Å²) in [6.45, 7) is 6.82. The summed E-state index contributed by atoms with van der Waals surface area (Å²) in [5, 5.41) is 3.64. The molecule has 1 unspecified atom stereocenters. The molecule has 1 rings (SSSR count). The minimum atomic E-state index is 0.772. The Morgan fingerprint density at radius 1 is 1.21 bits per heavy atom. The van der Waals surface area contributed by atoms with Crippen molar-refractivity contribution >= 4 is 0 Å². The van der Waals surface area contributed by atoms with Crippen molar-refractivity contribution in [2.24, 2.45) is 5.92 Å². The van der Waals surface area contributed by atoms with Gasteiger partial charge in [-0.05, 0) is 31.6 Å². The Bertz CT molecular complexity index is 127. The third-order valence-corrected chi connectivity index (χ3v) is 3.33. The van der Waals surface area contributed by atoms with E-state index in [0.29, 0.717) is 0 Å². The second-order valence-corrected chi connectivity index (χ2v) is 4.60. The molecule has 0 aliphatic heterocycles. The molecule has 0 aromatic carbocycles. The van der Waals surface area contributed by atoms with E-state index in [2.05, 4.69) is 25.7 Å². The fraction of sp³-hybridized carbons (Fsp3) is 0.923. The van der Waals surface area contributed by atoms with Crippen molar-refractivity contribution in [3.05, 3.63) is 6.54 Å². The normalized spacial score (nSPS) is 20.1. The number of rotatable bonds is 7. The van der Waals surface area contributed by atoms with Crippen molar-refractivity contribution in [3.8, 4) is 0 Å². The summed E-state index contributed by atoms with van der Waals surface area (Å²) >= 11 is 0. The van der Waals surface area contributed by atoms with Gasteiger partial charge in [0.25, 0.3) is 0 Å². The molecule has 1 fully saturated rings. The number of hydrogen-bond acceptors (Lipinski definition) is 1. The topological polar surface area (TPSA) is 12.0 Å². The van der Waals surface area contributed by atoms with Crippen LogP contribution < -0.4 is 5.32 Å². The first-order valence-corrected chi connectivity index (χ1v) is 6.46. The lowest BCUT2D eigenvalue weighted by molar-refractivity contribution is 0.353. The van der Waals surface area contributed by atoms with Crippen LogP contribution in [0, 0.1) is 12.5 Å². The predicted molar refractivity (Wildman–Crippen MR) is 63.0 cm³/mol. The van der Waals surface area contributed by atoms with E-state index >= 15 is 0 Å². The van der Waals surface area contributed by atoms with Gasteiger partial charge in [0, 0.05) is 12.6 Å². The van der Waals surface area contributed by atoms with Gasteiger partial charge in [-0.3, -0.25) is 0 Å². The zero-order valence-corrected chi connectivity index (χ0v) is 9.89. The van der Waals surface area contributed by atoms with Crippen LogP contribution in [0.25, 0.3) is 0 Å². The molecule has 83 valence electrons. The Hall–Kier alpha value is -0.0400. The van der Waals surface area contributed by atoms with Gasteiger partial charge in [-0.25, -0.2) is 0 Å². The van der Waals surface area contributed by atoms with E-state index in [1.165, 1.54) is 51.4 Å². The fourth-order valence-corrected chi connectivity index (χ4v) is 2.50. The Morgan fingerprint density at radius 3 is 2.50 bits per heavy atom. The average molecular weight is 196 g/mol. The van der Waals surface area contributed by atoms with Gasteiger partial charge in [0.15, 0.2) is 0 Å². The first kappa shape index (κ1) is 12.0. The number of hydrogen-bond donors (Lipinski definition) is 1. The van der Waals surface area contributed by atoms with Gasteiger partial charge in [-0.1, -0.05) is 39.5 Å². The SMILES string of the molecule is CCC[CH]NC(CCC)C1CCCC1. The van der Waals surface area contributed by atoms with Crippen molar-refractivity contribution in [1.82, 2.24) is 5.32 Å². The predicted octanol–water partition coefficient (Wildman–Crippen LogP) is 3.90. The van der Waals surface area contributed by atoms with Gasteiger partial charge in [0.2, 0.25) is 0 Å². The fourth-order valence-electron chi connectivity index (χ4n) is 2.50. The van der Waals surface area contributed by atoms with E-state index < -0.39 is 0 Å². The summed E-state index contributed by atoms with van der Waals surface area (Å²) < 4.78 is 0. The van der Waals surface area contributed by atoms with Gasteiger partial charge in [0.1, 0.15) is 0 Å². The third kappa shape index (κ3) is 4.00. The molecule has 0 aromatic heterocycles. The quantitative estimate of drug-likeness (QED) is 0.609. The summed E-state index contributed by atoms with van der Waals surface area (Å²) in [5.74, 6) is 0.961. The molecular formula is C13H26N. The molecule has 0 heterocycles. The molecule has 0 saturated heterocycles. The Kier molecular flexibility index (Phi) is 6.25. The summed E-state index contributed by atoms with van der Waals surface area (Å²) in [6.07, 6.45) is 11.0. The average Bonchev–Trinajstić information content (AvgIpc) is 2.70. The first-order valence-electron chi connectivity index (χ1n) is 6.46. The highest BCUT2D eigenvalue weighted by molar-refractivity contribution is 4.82. The zero-order chi connectivity index (χ0) is 10.2. The van der Waals surface area contributed by atoms with Gasteiger partial charge in [0.05, 0.1) is 0 Å². The standard InChI is InChI=1S/C13H26N/c1-3-5-11-14-13(8-4-2)12-9-6-7-10-12/h11-14H,3-10H2,1-2H3. The summed E-state index contributed by atoms with van der Waals surface area (Å²) in [5.41, 5.74) is 0. The molecule has 1 atom stereocenters. The molecule has 0 spiro atoms.